The molecule has 1 aliphatic rings. The van der Waals surface area contributed by atoms with E-state index in [-0.39, 0.29) is 6.54 Å². The van der Waals surface area contributed by atoms with Crippen molar-refractivity contribution in [1.29, 1.82) is 0 Å². The van der Waals surface area contributed by atoms with Gasteiger partial charge in [0.1, 0.15) is 0 Å². The van der Waals surface area contributed by atoms with Gasteiger partial charge >= 0.3 is 5.97 Å². The van der Waals surface area contributed by atoms with Crippen LogP contribution in [0.2, 0.25) is 0 Å². The number of hydrogen-bond donors (Lipinski definition) is 3. The minimum Gasteiger partial charge on any atom is -0.481 e. The summed E-state index contributed by atoms with van der Waals surface area (Å²) in [6.45, 7) is -0.208. The number of carboxylic acid groups (broad SMARTS) is 1. The molecule has 0 radical (unpaired) electrons. The first kappa shape index (κ1) is 14.9. The third-order valence-corrected chi connectivity index (χ3v) is 3.80. The largest absolute Gasteiger partial charge is 0.481 e. The van der Waals surface area contributed by atoms with Gasteiger partial charge in [0.15, 0.2) is 0 Å². The van der Waals surface area contributed by atoms with E-state index in [0.717, 1.165) is 12.8 Å². The molecule has 0 heterocycles. The van der Waals surface area contributed by atoms with Gasteiger partial charge in [-0.3, -0.25) is 14.1 Å². The highest BCUT2D eigenvalue weighted by molar-refractivity contribution is 7.85. The number of nitrogens with one attached hydrogen (secondary N) is 1. The first-order valence-electron chi connectivity index (χ1n) is 5.77. The van der Waals surface area contributed by atoms with Crippen molar-refractivity contribution >= 4 is 22.0 Å². The Morgan fingerprint density at radius 1 is 1.17 bits per heavy atom. The summed E-state index contributed by atoms with van der Waals surface area (Å²) in [5, 5.41) is 11.3. The molecule has 104 valence electrons. The molecule has 0 aliphatic heterocycles. The van der Waals surface area contributed by atoms with E-state index in [1.165, 1.54) is 0 Å². The molecule has 2 unspecified atom stereocenters. The van der Waals surface area contributed by atoms with Crippen LogP contribution in [-0.2, 0) is 19.7 Å². The summed E-state index contributed by atoms with van der Waals surface area (Å²) in [5.41, 5.74) is 0. The smallest absolute Gasteiger partial charge is 0.307 e. The highest BCUT2D eigenvalue weighted by Gasteiger charge is 2.35. The average Bonchev–Trinajstić information content (AvgIpc) is 2.27. The summed E-state index contributed by atoms with van der Waals surface area (Å²) < 4.78 is 29.5. The van der Waals surface area contributed by atoms with Gasteiger partial charge in [-0.2, -0.15) is 8.42 Å². The quantitative estimate of drug-likeness (QED) is 0.603. The molecule has 1 rings (SSSR count). The molecule has 0 aromatic rings. The van der Waals surface area contributed by atoms with E-state index >= 15 is 0 Å². The summed E-state index contributed by atoms with van der Waals surface area (Å²) in [6, 6.07) is 0. The van der Waals surface area contributed by atoms with Crippen LogP contribution in [-0.4, -0.2) is 42.3 Å². The number of aliphatic carboxylic acids is 1. The van der Waals surface area contributed by atoms with Crippen LogP contribution in [0.1, 0.15) is 25.7 Å². The number of carboxylic acids is 1. The second kappa shape index (κ2) is 6.14. The standard InChI is InChI=1S/C10H17NO6S/c12-9(11-5-6-18(15,16)17)7-3-1-2-4-8(7)10(13)14/h7-8H,1-6H2,(H,11,12)(H,13,14)(H,15,16,17). The SMILES string of the molecule is O=C(O)C1CCCCC1C(=O)NCCS(=O)(=O)O. The van der Waals surface area contributed by atoms with Crippen molar-refractivity contribution < 1.29 is 27.7 Å². The summed E-state index contributed by atoms with van der Waals surface area (Å²) in [5.74, 6) is -3.33. The van der Waals surface area contributed by atoms with E-state index in [0.29, 0.717) is 12.8 Å². The van der Waals surface area contributed by atoms with E-state index in [1.807, 2.05) is 0 Å². The van der Waals surface area contributed by atoms with Gasteiger partial charge in [-0.05, 0) is 12.8 Å². The minimum atomic E-state index is -4.11. The maximum Gasteiger partial charge on any atom is 0.307 e. The summed E-state index contributed by atoms with van der Waals surface area (Å²) >= 11 is 0. The predicted molar refractivity (Wildman–Crippen MR) is 62.5 cm³/mol. The lowest BCUT2D eigenvalue weighted by atomic mass is 9.79. The molecule has 0 spiro atoms. The molecule has 8 heteroatoms. The lowest BCUT2D eigenvalue weighted by molar-refractivity contribution is -0.148. The topological polar surface area (TPSA) is 121 Å². The Morgan fingerprint density at radius 3 is 2.22 bits per heavy atom. The van der Waals surface area contributed by atoms with Crippen LogP contribution in [0.5, 0.6) is 0 Å². The number of carbonyl (C=O) groups is 2. The van der Waals surface area contributed by atoms with Crippen molar-refractivity contribution in [3.05, 3.63) is 0 Å². The van der Waals surface area contributed by atoms with Gasteiger partial charge in [0, 0.05) is 6.54 Å². The molecule has 2 atom stereocenters. The number of carbonyl (C=O) groups excluding carboxylic acids is 1. The van der Waals surface area contributed by atoms with Gasteiger partial charge in [-0.15, -0.1) is 0 Å². The molecule has 0 aromatic carbocycles. The van der Waals surface area contributed by atoms with Gasteiger partial charge in [0.2, 0.25) is 5.91 Å². The van der Waals surface area contributed by atoms with Gasteiger partial charge in [-0.1, -0.05) is 12.8 Å². The molecule has 1 amide bonds. The van der Waals surface area contributed by atoms with Crippen LogP contribution in [0.15, 0.2) is 0 Å². The third kappa shape index (κ3) is 4.61. The van der Waals surface area contributed by atoms with Gasteiger partial charge < -0.3 is 10.4 Å². The predicted octanol–water partition coefficient (Wildman–Crippen LogP) is -0.119. The average molecular weight is 279 g/mol. The fourth-order valence-electron chi connectivity index (χ4n) is 2.17. The Morgan fingerprint density at radius 2 is 1.72 bits per heavy atom. The van der Waals surface area contributed by atoms with Crippen molar-refractivity contribution in [2.24, 2.45) is 11.8 Å². The van der Waals surface area contributed by atoms with Crippen LogP contribution in [0.4, 0.5) is 0 Å². The van der Waals surface area contributed by atoms with Crippen LogP contribution in [0.25, 0.3) is 0 Å². The highest BCUT2D eigenvalue weighted by atomic mass is 32.2. The number of rotatable bonds is 5. The van der Waals surface area contributed by atoms with E-state index < -0.39 is 39.6 Å². The first-order chi connectivity index (χ1) is 8.31. The molecular weight excluding hydrogens is 262 g/mol. The second-order valence-corrected chi connectivity index (χ2v) is 5.98. The lowest BCUT2D eigenvalue weighted by Crippen LogP contribution is -2.41. The van der Waals surface area contributed by atoms with Gasteiger partial charge in [-0.25, -0.2) is 0 Å². The lowest BCUT2D eigenvalue weighted by Gasteiger charge is -2.27. The van der Waals surface area contributed by atoms with Crippen LogP contribution in [0, 0.1) is 11.8 Å². The second-order valence-electron chi connectivity index (χ2n) is 4.41. The van der Waals surface area contributed by atoms with Crippen molar-refractivity contribution in [1.82, 2.24) is 5.32 Å². The maximum absolute atomic E-state index is 11.7. The van der Waals surface area contributed by atoms with E-state index in [4.69, 9.17) is 9.66 Å². The molecule has 1 aliphatic carbocycles. The Kier molecular flexibility index (Phi) is 5.09. The molecule has 1 saturated carbocycles. The van der Waals surface area contributed by atoms with Crippen molar-refractivity contribution in [2.45, 2.75) is 25.7 Å². The molecule has 0 aromatic heterocycles. The fourth-order valence-corrected chi connectivity index (χ4v) is 2.53. The summed E-state index contributed by atoms with van der Waals surface area (Å²) in [6.07, 6.45) is 2.53. The van der Waals surface area contributed by atoms with Crippen molar-refractivity contribution in [2.75, 3.05) is 12.3 Å². The number of amides is 1. The number of hydrogen-bond acceptors (Lipinski definition) is 4. The molecule has 1 fully saturated rings. The Labute approximate surface area is 105 Å². The Balaban J connectivity index is 2.51. The minimum absolute atomic E-state index is 0.208. The third-order valence-electron chi connectivity index (χ3n) is 3.08. The fraction of sp³-hybridized carbons (Fsp3) is 0.800. The maximum atomic E-state index is 11.7. The molecular formula is C10H17NO6S. The van der Waals surface area contributed by atoms with E-state index in [9.17, 15) is 18.0 Å². The summed E-state index contributed by atoms with van der Waals surface area (Å²) in [4.78, 5) is 22.7. The molecule has 0 bridgehead atoms. The molecule has 3 N–H and O–H groups in total. The van der Waals surface area contributed by atoms with Crippen LogP contribution >= 0.6 is 0 Å². The van der Waals surface area contributed by atoms with Crippen LogP contribution < -0.4 is 5.32 Å². The van der Waals surface area contributed by atoms with Crippen LogP contribution in [0.3, 0.4) is 0 Å². The summed E-state index contributed by atoms with van der Waals surface area (Å²) in [7, 11) is -4.11. The zero-order valence-electron chi connectivity index (χ0n) is 9.83. The zero-order chi connectivity index (χ0) is 13.8. The monoisotopic (exact) mass is 279 g/mol. The van der Waals surface area contributed by atoms with Crippen molar-refractivity contribution in [3.8, 4) is 0 Å². The van der Waals surface area contributed by atoms with Crippen molar-refractivity contribution in [3.63, 3.8) is 0 Å². The normalized spacial score (nSPS) is 24.5. The molecule has 7 nitrogen and oxygen atoms in total. The van der Waals surface area contributed by atoms with Gasteiger partial charge in [0.05, 0.1) is 17.6 Å². The van der Waals surface area contributed by atoms with E-state index in [2.05, 4.69) is 5.32 Å². The Hall–Kier alpha value is -1.15. The van der Waals surface area contributed by atoms with Gasteiger partial charge in [0.25, 0.3) is 10.1 Å². The zero-order valence-corrected chi connectivity index (χ0v) is 10.6. The highest BCUT2D eigenvalue weighted by Crippen LogP contribution is 2.30. The Bertz CT molecular complexity index is 418. The molecule has 0 saturated heterocycles. The molecule has 18 heavy (non-hydrogen) atoms. The van der Waals surface area contributed by atoms with E-state index in [1.54, 1.807) is 0 Å². The first-order valence-corrected chi connectivity index (χ1v) is 7.38.